The van der Waals surface area contributed by atoms with Crippen LogP contribution in [-0.2, 0) is 6.54 Å². The molecule has 0 saturated heterocycles. The standard InChI is InChI=1S/C17H14N2O4S/c1-4-7-19-11-9-13(21-2)14(22-3)10-15(11)24-17(19)18-16(20)12-6-5-8-23-12/h1,5-6,8-10H,7H2,2-3H3. The summed E-state index contributed by atoms with van der Waals surface area (Å²) in [7, 11) is 3.13. The van der Waals surface area contributed by atoms with Crippen molar-refractivity contribution in [2.45, 2.75) is 6.54 Å². The number of furan rings is 1. The van der Waals surface area contributed by atoms with E-state index in [1.807, 2.05) is 12.1 Å². The maximum Gasteiger partial charge on any atom is 0.315 e. The minimum atomic E-state index is -0.462. The Bertz CT molecular complexity index is 990. The van der Waals surface area contributed by atoms with E-state index in [4.69, 9.17) is 20.3 Å². The monoisotopic (exact) mass is 342 g/mol. The summed E-state index contributed by atoms with van der Waals surface area (Å²) in [5, 5.41) is 0. The molecule has 1 aromatic carbocycles. The first-order valence-corrected chi connectivity index (χ1v) is 7.81. The highest BCUT2D eigenvalue weighted by Crippen LogP contribution is 2.33. The normalized spacial score (nSPS) is 11.5. The Labute approximate surface area is 142 Å². The lowest BCUT2D eigenvalue weighted by Crippen LogP contribution is -2.16. The number of fused-ring (bicyclic) bond motifs is 1. The molecule has 0 fully saturated rings. The van der Waals surface area contributed by atoms with Gasteiger partial charge in [0.05, 0.1) is 37.2 Å². The molecule has 0 N–H and O–H groups in total. The van der Waals surface area contributed by atoms with Crippen molar-refractivity contribution in [3.05, 3.63) is 41.1 Å². The van der Waals surface area contributed by atoms with Crippen LogP contribution in [0.15, 0.2) is 39.9 Å². The van der Waals surface area contributed by atoms with E-state index >= 15 is 0 Å². The molecule has 1 amide bonds. The van der Waals surface area contributed by atoms with Gasteiger partial charge >= 0.3 is 5.91 Å². The van der Waals surface area contributed by atoms with Gasteiger partial charge in [-0.05, 0) is 12.1 Å². The molecular formula is C17H14N2O4S. The lowest BCUT2D eigenvalue weighted by Gasteiger charge is -2.08. The summed E-state index contributed by atoms with van der Waals surface area (Å²) in [6.07, 6.45) is 6.89. The lowest BCUT2D eigenvalue weighted by molar-refractivity contribution is 0.0971. The topological polar surface area (TPSA) is 66.0 Å². The van der Waals surface area contributed by atoms with Crippen LogP contribution in [0.1, 0.15) is 10.6 Å². The maximum atomic E-state index is 12.2. The van der Waals surface area contributed by atoms with Crippen LogP contribution in [0.5, 0.6) is 11.5 Å². The molecule has 0 aliphatic rings. The number of carbonyl (C=O) groups is 1. The molecule has 0 bridgehead atoms. The van der Waals surface area contributed by atoms with E-state index in [0.717, 1.165) is 10.2 Å². The largest absolute Gasteiger partial charge is 0.493 e. The third kappa shape index (κ3) is 2.79. The highest BCUT2D eigenvalue weighted by Gasteiger charge is 2.14. The molecule has 24 heavy (non-hydrogen) atoms. The number of amides is 1. The van der Waals surface area contributed by atoms with Gasteiger partial charge in [-0.15, -0.1) is 6.42 Å². The van der Waals surface area contributed by atoms with Crippen molar-refractivity contribution in [1.29, 1.82) is 0 Å². The Morgan fingerprint density at radius 3 is 2.75 bits per heavy atom. The summed E-state index contributed by atoms with van der Waals surface area (Å²) < 4.78 is 18.4. The predicted octanol–water partition coefficient (Wildman–Crippen LogP) is 2.69. The first-order valence-electron chi connectivity index (χ1n) is 6.99. The molecular weight excluding hydrogens is 328 g/mol. The second-order valence-electron chi connectivity index (χ2n) is 4.74. The number of carbonyl (C=O) groups excluding carboxylic acids is 1. The summed E-state index contributed by atoms with van der Waals surface area (Å²) in [4.78, 5) is 16.8. The number of hydrogen-bond donors (Lipinski definition) is 0. The van der Waals surface area contributed by atoms with Crippen molar-refractivity contribution in [1.82, 2.24) is 4.57 Å². The first kappa shape index (κ1) is 15.9. The summed E-state index contributed by atoms with van der Waals surface area (Å²) in [6.45, 7) is 0.278. The number of rotatable bonds is 4. The number of benzene rings is 1. The van der Waals surface area contributed by atoms with Crippen molar-refractivity contribution < 1.29 is 18.7 Å². The predicted molar refractivity (Wildman–Crippen MR) is 90.4 cm³/mol. The number of terminal acetylenes is 1. The van der Waals surface area contributed by atoms with Crippen molar-refractivity contribution in [3.63, 3.8) is 0 Å². The highest BCUT2D eigenvalue weighted by molar-refractivity contribution is 7.16. The molecule has 3 rings (SSSR count). The molecule has 0 saturated carbocycles. The van der Waals surface area contributed by atoms with Crippen LogP contribution in [0.3, 0.4) is 0 Å². The van der Waals surface area contributed by atoms with E-state index in [2.05, 4.69) is 10.9 Å². The Balaban J connectivity index is 2.22. The van der Waals surface area contributed by atoms with Gasteiger partial charge in [0.1, 0.15) is 0 Å². The van der Waals surface area contributed by atoms with E-state index in [-0.39, 0.29) is 12.3 Å². The zero-order valence-corrected chi connectivity index (χ0v) is 13.9. The average molecular weight is 342 g/mol. The number of hydrogen-bond acceptors (Lipinski definition) is 5. The summed E-state index contributed by atoms with van der Waals surface area (Å²) >= 11 is 1.34. The van der Waals surface area contributed by atoms with Crippen molar-refractivity contribution in [3.8, 4) is 23.8 Å². The van der Waals surface area contributed by atoms with Crippen molar-refractivity contribution in [2.75, 3.05) is 14.2 Å². The molecule has 122 valence electrons. The van der Waals surface area contributed by atoms with Crippen molar-refractivity contribution >= 4 is 27.5 Å². The molecule has 2 heterocycles. The van der Waals surface area contributed by atoms with Crippen molar-refractivity contribution in [2.24, 2.45) is 4.99 Å². The van der Waals surface area contributed by atoms with Crippen LogP contribution >= 0.6 is 11.3 Å². The fourth-order valence-corrected chi connectivity index (χ4v) is 3.31. The lowest BCUT2D eigenvalue weighted by atomic mass is 10.3. The summed E-state index contributed by atoms with van der Waals surface area (Å²) in [6, 6.07) is 6.86. The Hall–Kier alpha value is -2.98. The van der Waals surface area contributed by atoms with E-state index in [1.165, 1.54) is 17.6 Å². The summed E-state index contributed by atoms with van der Waals surface area (Å²) in [5.74, 6) is 3.47. The minimum absolute atomic E-state index is 0.176. The average Bonchev–Trinajstić information content (AvgIpc) is 3.23. The zero-order chi connectivity index (χ0) is 17.1. The molecule has 0 aliphatic heterocycles. The smallest absolute Gasteiger partial charge is 0.315 e. The Morgan fingerprint density at radius 2 is 2.12 bits per heavy atom. The van der Waals surface area contributed by atoms with Gasteiger partial charge in [0.15, 0.2) is 22.1 Å². The molecule has 0 spiro atoms. The van der Waals surface area contributed by atoms with Gasteiger partial charge in [-0.2, -0.15) is 4.99 Å². The van der Waals surface area contributed by atoms with Gasteiger partial charge in [0, 0.05) is 12.1 Å². The van der Waals surface area contributed by atoms with Gasteiger partial charge in [-0.25, -0.2) is 0 Å². The van der Waals surface area contributed by atoms with Gasteiger partial charge in [-0.1, -0.05) is 17.3 Å². The zero-order valence-electron chi connectivity index (χ0n) is 13.1. The number of methoxy groups -OCH3 is 2. The fourth-order valence-electron chi connectivity index (χ4n) is 2.27. The second kappa shape index (κ2) is 6.64. The highest BCUT2D eigenvalue weighted by atomic mass is 32.1. The van der Waals surface area contributed by atoms with Crippen LogP contribution in [0, 0.1) is 12.3 Å². The first-order chi connectivity index (χ1) is 11.7. The fraction of sp³-hybridized carbons (Fsp3) is 0.176. The SMILES string of the molecule is C#CCn1c(=NC(=O)c2ccco2)sc2cc(OC)c(OC)cc21. The van der Waals surface area contributed by atoms with Gasteiger partial charge in [-0.3, -0.25) is 4.79 Å². The Kier molecular flexibility index (Phi) is 4.40. The minimum Gasteiger partial charge on any atom is -0.493 e. The molecule has 7 heteroatoms. The van der Waals surface area contributed by atoms with Gasteiger partial charge < -0.3 is 18.5 Å². The van der Waals surface area contributed by atoms with Crippen LogP contribution in [0.2, 0.25) is 0 Å². The van der Waals surface area contributed by atoms with Crippen LogP contribution in [0.4, 0.5) is 0 Å². The molecule has 0 unspecified atom stereocenters. The van der Waals surface area contributed by atoms with Crippen LogP contribution in [-0.4, -0.2) is 24.7 Å². The third-order valence-corrected chi connectivity index (χ3v) is 4.41. The molecule has 0 aliphatic carbocycles. The maximum absolute atomic E-state index is 12.2. The molecule has 6 nitrogen and oxygen atoms in total. The van der Waals surface area contributed by atoms with Crippen LogP contribution in [0.25, 0.3) is 10.2 Å². The molecule has 0 radical (unpaired) electrons. The molecule has 2 aromatic heterocycles. The van der Waals surface area contributed by atoms with E-state index in [9.17, 15) is 4.79 Å². The Morgan fingerprint density at radius 1 is 1.38 bits per heavy atom. The molecule has 0 atom stereocenters. The number of nitrogens with zero attached hydrogens (tertiary/aromatic N) is 2. The quantitative estimate of drug-likeness (QED) is 0.684. The third-order valence-electron chi connectivity index (χ3n) is 3.37. The van der Waals surface area contributed by atoms with E-state index in [1.54, 1.807) is 30.9 Å². The van der Waals surface area contributed by atoms with Gasteiger partial charge in [0.25, 0.3) is 0 Å². The number of aromatic nitrogens is 1. The van der Waals surface area contributed by atoms with E-state index in [0.29, 0.717) is 16.3 Å². The summed E-state index contributed by atoms with van der Waals surface area (Å²) in [5.41, 5.74) is 0.821. The van der Waals surface area contributed by atoms with Gasteiger partial charge in [0.2, 0.25) is 0 Å². The van der Waals surface area contributed by atoms with E-state index < -0.39 is 5.91 Å². The number of thiazole rings is 1. The number of ether oxygens (including phenoxy) is 2. The second-order valence-corrected chi connectivity index (χ2v) is 5.75. The molecule has 3 aromatic rings. The van der Waals surface area contributed by atoms with Crippen LogP contribution < -0.4 is 14.3 Å².